The molecule has 0 saturated carbocycles. The number of amides is 1. The third-order valence-corrected chi connectivity index (χ3v) is 4.11. The van der Waals surface area contributed by atoms with Crippen molar-refractivity contribution in [3.63, 3.8) is 0 Å². The van der Waals surface area contributed by atoms with Gasteiger partial charge < -0.3 is 10.1 Å². The lowest BCUT2D eigenvalue weighted by Gasteiger charge is -2.13. The predicted octanol–water partition coefficient (Wildman–Crippen LogP) is 4.51. The highest BCUT2D eigenvalue weighted by Gasteiger charge is 2.07. The van der Waals surface area contributed by atoms with Crippen molar-refractivity contribution in [1.29, 1.82) is 0 Å². The summed E-state index contributed by atoms with van der Waals surface area (Å²) in [6.07, 6.45) is 1.25. The van der Waals surface area contributed by atoms with Crippen molar-refractivity contribution in [3.05, 3.63) is 70.2 Å². The normalized spacial score (nSPS) is 10.8. The van der Waals surface area contributed by atoms with E-state index in [4.69, 9.17) is 16.3 Å². The molecular formula is C20H24ClNO2. The molecule has 1 N–H and O–H groups in total. The fourth-order valence-electron chi connectivity index (χ4n) is 2.36. The van der Waals surface area contributed by atoms with Gasteiger partial charge in [-0.25, -0.2) is 0 Å². The van der Waals surface area contributed by atoms with Gasteiger partial charge >= 0.3 is 0 Å². The maximum absolute atomic E-state index is 12.1. The molecule has 0 heterocycles. The van der Waals surface area contributed by atoms with Crippen molar-refractivity contribution in [2.45, 2.75) is 45.9 Å². The maximum Gasteiger partial charge on any atom is 0.220 e. The van der Waals surface area contributed by atoms with Gasteiger partial charge in [-0.2, -0.15) is 0 Å². The minimum absolute atomic E-state index is 0.0227. The van der Waals surface area contributed by atoms with Crippen LogP contribution in [0.4, 0.5) is 0 Å². The van der Waals surface area contributed by atoms with Gasteiger partial charge in [-0.3, -0.25) is 4.79 Å². The molecule has 0 spiro atoms. The lowest BCUT2D eigenvalue weighted by atomic mass is 10.1. The number of carbonyl (C=O) groups excluding carboxylic acids is 1. The summed E-state index contributed by atoms with van der Waals surface area (Å²) in [5.41, 5.74) is 3.20. The average molecular weight is 346 g/mol. The largest absolute Gasteiger partial charge is 0.374 e. The van der Waals surface area contributed by atoms with E-state index in [0.29, 0.717) is 31.0 Å². The third kappa shape index (κ3) is 5.99. The van der Waals surface area contributed by atoms with E-state index in [1.807, 2.05) is 62.4 Å². The van der Waals surface area contributed by atoms with E-state index in [0.717, 1.165) is 16.7 Å². The smallest absolute Gasteiger partial charge is 0.220 e. The van der Waals surface area contributed by atoms with Crippen LogP contribution in [0.25, 0.3) is 0 Å². The standard InChI is InChI=1S/C20H24ClNO2/c1-15(2)24-14-18-9-4-3-8-17(18)13-22-20(23)12-11-16-7-5-6-10-19(16)21/h3-10,15H,11-14H2,1-2H3,(H,22,23). The minimum atomic E-state index is 0.0227. The summed E-state index contributed by atoms with van der Waals surface area (Å²) in [5.74, 6) is 0.0227. The van der Waals surface area contributed by atoms with E-state index in [1.165, 1.54) is 0 Å². The first kappa shape index (κ1) is 18.5. The number of aryl methyl sites for hydroxylation is 1. The SMILES string of the molecule is CC(C)OCc1ccccc1CNC(=O)CCc1ccccc1Cl. The van der Waals surface area contributed by atoms with Crippen molar-refractivity contribution in [2.75, 3.05) is 0 Å². The molecule has 2 aromatic rings. The maximum atomic E-state index is 12.1. The molecule has 2 aromatic carbocycles. The molecule has 0 atom stereocenters. The van der Waals surface area contributed by atoms with E-state index in [-0.39, 0.29) is 12.0 Å². The van der Waals surface area contributed by atoms with E-state index in [1.54, 1.807) is 0 Å². The Kier molecular flexibility index (Phi) is 7.29. The predicted molar refractivity (Wildman–Crippen MR) is 98.0 cm³/mol. The summed E-state index contributed by atoms with van der Waals surface area (Å²) < 4.78 is 5.67. The van der Waals surface area contributed by atoms with Crippen LogP contribution in [0.5, 0.6) is 0 Å². The van der Waals surface area contributed by atoms with Gasteiger partial charge in [0, 0.05) is 18.0 Å². The summed E-state index contributed by atoms with van der Waals surface area (Å²) in [7, 11) is 0. The van der Waals surface area contributed by atoms with Crippen molar-refractivity contribution in [2.24, 2.45) is 0 Å². The van der Waals surface area contributed by atoms with E-state index >= 15 is 0 Å². The first-order valence-electron chi connectivity index (χ1n) is 8.24. The molecular weight excluding hydrogens is 322 g/mol. The lowest BCUT2D eigenvalue weighted by Crippen LogP contribution is -2.23. The molecule has 2 rings (SSSR count). The van der Waals surface area contributed by atoms with Crippen LogP contribution in [-0.4, -0.2) is 12.0 Å². The third-order valence-electron chi connectivity index (χ3n) is 3.75. The molecule has 4 heteroatoms. The summed E-state index contributed by atoms with van der Waals surface area (Å²) in [5, 5.41) is 3.69. The van der Waals surface area contributed by atoms with Crippen LogP contribution in [0.3, 0.4) is 0 Å². The van der Waals surface area contributed by atoms with Crippen LogP contribution in [0.1, 0.15) is 37.0 Å². The van der Waals surface area contributed by atoms with Crippen LogP contribution in [0.2, 0.25) is 5.02 Å². The second-order valence-electron chi connectivity index (χ2n) is 6.00. The second-order valence-corrected chi connectivity index (χ2v) is 6.40. The molecule has 0 aromatic heterocycles. The fraction of sp³-hybridized carbons (Fsp3) is 0.350. The number of rotatable bonds is 8. The minimum Gasteiger partial charge on any atom is -0.374 e. The van der Waals surface area contributed by atoms with Crippen molar-refractivity contribution < 1.29 is 9.53 Å². The Morgan fingerprint density at radius 2 is 1.67 bits per heavy atom. The molecule has 0 aliphatic carbocycles. The Balaban J connectivity index is 1.84. The number of hydrogen-bond donors (Lipinski definition) is 1. The molecule has 128 valence electrons. The van der Waals surface area contributed by atoms with Gasteiger partial charge in [0.2, 0.25) is 5.91 Å². The molecule has 3 nitrogen and oxygen atoms in total. The first-order valence-corrected chi connectivity index (χ1v) is 8.62. The highest BCUT2D eigenvalue weighted by molar-refractivity contribution is 6.31. The number of ether oxygens (including phenoxy) is 1. The van der Waals surface area contributed by atoms with Crippen molar-refractivity contribution in [3.8, 4) is 0 Å². The van der Waals surface area contributed by atoms with E-state index in [9.17, 15) is 4.79 Å². The van der Waals surface area contributed by atoms with Gasteiger partial charge in [0.1, 0.15) is 0 Å². The van der Waals surface area contributed by atoms with Crippen molar-refractivity contribution >= 4 is 17.5 Å². The molecule has 0 bridgehead atoms. The zero-order chi connectivity index (χ0) is 17.4. The second kappa shape index (κ2) is 9.45. The summed E-state index contributed by atoms with van der Waals surface area (Å²) >= 11 is 6.12. The van der Waals surface area contributed by atoms with Gasteiger partial charge in [-0.15, -0.1) is 0 Å². The number of halogens is 1. The van der Waals surface area contributed by atoms with Crippen molar-refractivity contribution in [1.82, 2.24) is 5.32 Å². The Labute approximate surface area is 149 Å². The highest BCUT2D eigenvalue weighted by atomic mass is 35.5. The number of hydrogen-bond acceptors (Lipinski definition) is 2. The molecule has 0 saturated heterocycles. The summed E-state index contributed by atoms with van der Waals surface area (Å²) in [6, 6.07) is 15.6. The quantitative estimate of drug-likeness (QED) is 0.764. The van der Waals surface area contributed by atoms with Crippen LogP contribution >= 0.6 is 11.6 Å². The zero-order valence-electron chi connectivity index (χ0n) is 14.2. The van der Waals surface area contributed by atoms with Gasteiger partial charge in [0.05, 0.1) is 12.7 Å². The number of benzene rings is 2. The van der Waals surface area contributed by atoms with Gasteiger partial charge in [-0.1, -0.05) is 54.1 Å². The topological polar surface area (TPSA) is 38.3 Å². The Morgan fingerprint density at radius 3 is 2.33 bits per heavy atom. The molecule has 1 amide bonds. The van der Waals surface area contributed by atoms with Gasteiger partial charge in [-0.05, 0) is 43.0 Å². The van der Waals surface area contributed by atoms with Crippen LogP contribution < -0.4 is 5.32 Å². The monoisotopic (exact) mass is 345 g/mol. The number of nitrogens with one attached hydrogen (secondary N) is 1. The van der Waals surface area contributed by atoms with E-state index in [2.05, 4.69) is 5.32 Å². The lowest BCUT2D eigenvalue weighted by molar-refractivity contribution is -0.121. The van der Waals surface area contributed by atoms with Crippen LogP contribution in [0.15, 0.2) is 48.5 Å². The molecule has 0 aliphatic rings. The molecule has 0 fully saturated rings. The molecule has 0 unspecified atom stereocenters. The molecule has 0 aliphatic heterocycles. The molecule has 0 radical (unpaired) electrons. The Morgan fingerprint density at radius 1 is 1.04 bits per heavy atom. The molecule has 24 heavy (non-hydrogen) atoms. The average Bonchev–Trinajstić information content (AvgIpc) is 2.58. The Hall–Kier alpha value is -1.84. The number of carbonyl (C=O) groups is 1. The van der Waals surface area contributed by atoms with Gasteiger partial charge in [0.15, 0.2) is 0 Å². The van der Waals surface area contributed by atoms with Gasteiger partial charge in [0.25, 0.3) is 0 Å². The summed E-state index contributed by atoms with van der Waals surface area (Å²) in [4.78, 5) is 12.1. The summed E-state index contributed by atoms with van der Waals surface area (Å²) in [6.45, 7) is 5.10. The Bertz CT molecular complexity index is 670. The highest BCUT2D eigenvalue weighted by Crippen LogP contribution is 2.16. The van der Waals surface area contributed by atoms with Crippen LogP contribution in [-0.2, 0) is 29.1 Å². The van der Waals surface area contributed by atoms with E-state index < -0.39 is 0 Å². The first-order chi connectivity index (χ1) is 11.6. The zero-order valence-corrected chi connectivity index (χ0v) is 15.0. The fourth-order valence-corrected chi connectivity index (χ4v) is 2.59. The van der Waals surface area contributed by atoms with Crippen LogP contribution in [0, 0.1) is 0 Å².